The molecule has 4 heterocycles. The number of alkyl halides is 1. The number of nitrogens with two attached hydrogens (primary N) is 3. The Balaban J connectivity index is 1.48. The lowest BCUT2D eigenvalue weighted by atomic mass is 10.0. The van der Waals surface area contributed by atoms with Gasteiger partial charge in [0.15, 0.2) is 16.8 Å². The molecule has 0 radical (unpaired) electrons. The highest BCUT2D eigenvalue weighted by molar-refractivity contribution is 8.06. The molecule has 2 aromatic rings. The van der Waals surface area contributed by atoms with Crippen molar-refractivity contribution in [3.63, 3.8) is 0 Å². The molecular weight excluding hydrogens is 642 g/mol. The minimum absolute atomic E-state index is 0.0233. The number of aliphatic carboxylic acids is 1. The second-order valence-corrected chi connectivity index (χ2v) is 13.1. The van der Waals surface area contributed by atoms with E-state index in [1.807, 2.05) is 6.92 Å². The van der Waals surface area contributed by atoms with E-state index < -0.39 is 35.9 Å². The summed E-state index contributed by atoms with van der Waals surface area (Å²) in [5, 5.41) is 17.4. The van der Waals surface area contributed by atoms with Crippen molar-refractivity contribution in [3.05, 3.63) is 45.7 Å². The number of aromatic nitrogens is 2. The molecule has 1 fully saturated rings. The van der Waals surface area contributed by atoms with Crippen molar-refractivity contribution in [1.29, 1.82) is 0 Å². The number of carbonyl (C=O) groups is 3. The Hall–Kier alpha value is -3.55. The molecule has 0 bridgehead atoms. The number of carboxylic acid groups (broad SMARTS) is 1. The summed E-state index contributed by atoms with van der Waals surface area (Å²) < 4.78 is 12.5. The molecule has 2 amide bonds. The SMILES string of the molecule is CC(CSCc1cnccc1SC1=C(C(=O)O)N2C(=O)[C@@H](NC(=O)/C(=N\OCCF)c3csc(N)n3)[C@H]2SC1)N=C(N)N. The number of pyridine rings is 1. The fourth-order valence-electron chi connectivity index (χ4n) is 4.01. The molecule has 0 aliphatic carbocycles. The van der Waals surface area contributed by atoms with E-state index in [2.05, 4.69) is 25.4 Å². The lowest BCUT2D eigenvalue weighted by Gasteiger charge is -2.49. The van der Waals surface area contributed by atoms with Gasteiger partial charge in [0.05, 0.1) is 6.04 Å². The molecule has 4 rings (SSSR count). The van der Waals surface area contributed by atoms with Crippen LogP contribution in [0.1, 0.15) is 18.2 Å². The lowest BCUT2D eigenvalue weighted by Crippen LogP contribution is -2.71. The summed E-state index contributed by atoms with van der Waals surface area (Å²) >= 11 is 5.24. The third-order valence-electron chi connectivity index (χ3n) is 5.80. The Bertz CT molecular complexity index is 1470. The van der Waals surface area contributed by atoms with Gasteiger partial charge in [0, 0.05) is 44.8 Å². The van der Waals surface area contributed by atoms with E-state index in [9.17, 15) is 23.9 Å². The van der Waals surface area contributed by atoms with Gasteiger partial charge in [-0.25, -0.2) is 19.2 Å². The standard InChI is InChI=1S/C24H28FN9O5S4/c1-11(30-23(26)27)7-40-8-12-6-29-4-2-14(12)43-15-10-41-21-17(20(36)34(21)18(15)22(37)38)32-19(35)16(33-39-5-3-25)13-9-42-24(28)31-13/h2,4,6,9,11,17,21H,3,5,7-8,10H2,1H3,(H2,28,31)(H,32,35)(H,37,38)(H4,26,27,30)/b33-16-/t11?,17-,21-/m1/s1. The molecule has 3 atom stereocenters. The molecule has 2 aliphatic rings. The second-order valence-electron chi connectivity index (χ2n) is 8.97. The predicted octanol–water partition coefficient (Wildman–Crippen LogP) is 1.19. The van der Waals surface area contributed by atoms with Crippen molar-refractivity contribution >= 4 is 81.2 Å². The van der Waals surface area contributed by atoms with Crippen LogP contribution in [0.15, 0.2) is 49.5 Å². The molecule has 1 saturated heterocycles. The largest absolute Gasteiger partial charge is 0.477 e. The molecule has 0 aromatic carbocycles. The molecule has 0 spiro atoms. The number of carbonyl (C=O) groups excluding carboxylic acids is 2. The van der Waals surface area contributed by atoms with Gasteiger partial charge in [0.1, 0.15) is 36.1 Å². The van der Waals surface area contributed by atoms with E-state index in [0.29, 0.717) is 16.4 Å². The van der Waals surface area contributed by atoms with Gasteiger partial charge in [-0.1, -0.05) is 16.9 Å². The highest BCUT2D eigenvalue weighted by Crippen LogP contribution is 2.46. The summed E-state index contributed by atoms with van der Waals surface area (Å²) in [6.45, 7) is 0.691. The Kier molecular flexibility index (Phi) is 11.1. The molecular formula is C24H28FN9O5S4. The van der Waals surface area contributed by atoms with E-state index in [4.69, 9.17) is 22.0 Å². The third-order valence-corrected chi connectivity index (χ3v) is 10.4. The molecule has 2 aliphatic heterocycles. The van der Waals surface area contributed by atoms with Crippen molar-refractivity contribution in [2.24, 2.45) is 21.6 Å². The van der Waals surface area contributed by atoms with Crippen molar-refractivity contribution in [2.45, 2.75) is 35.0 Å². The average molecular weight is 670 g/mol. The quantitative estimate of drug-likeness (QED) is 0.0627. The number of hydrogen-bond acceptors (Lipinski definition) is 13. The molecule has 230 valence electrons. The number of thioether (sulfide) groups is 3. The summed E-state index contributed by atoms with van der Waals surface area (Å²) in [6, 6.07) is 0.688. The molecule has 8 N–H and O–H groups in total. The van der Waals surface area contributed by atoms with Crippen LogP contribution in [0.4, 0.5) is 9.52 Å². The molecule has 1 unspecified atom stereocenters. The van der Waals surface area contributed by atoms with Gasteiger partial charge in [-0.15, -0.1) is 23.1 Å². The molecule has 2 aromatic heterocycles. The van der Waals surface area contributed by atoms with E-state index >= 15 is 0 Å². The highest BCUT2D eigenvalue weighted by Gasteiger charge is 2.54. The summed E-state index contributed by atoms with van der Waals surface area (Å²) in [4.78, 5) is 58.3. The number of aliphatic imine (C=N–C) groups is 1. The van der Waals surface area contributed by atoms with Crippen molar-refractivity contribution in [2.75, 3.05) is 30.5 Å². The minimum atomic E-state index is -1.26. The number of rotatable bonds is 14. The van der Waals surface area contributed by atoms with Gasteiger partial charge in [-0.05, 0) is 18.6 Å². The van der Waals surface area contributed by atoms with Gasteiger partial charge in [0.25, 0.3) is 11.8 Å². The number of carboxylic acids is 1. The highest BCUT2D eigenvalue weighted by atomic mass is 32.2. The number of thiazole rings is 1. The topological polar surface area (TPSA) is 225 Å². The van der Waals surface area contributed by atoms with Crippen LogP contribution in [0.5, 0.6) is 0 Å². The fraction of sp³-hybridized carbons (Fsp3) is 0.375. The van der Waals surface area contributed by atoms with Crippen LogP contribution in [0.25, 0.3) is 0 Å². The molecule has 19 heteroatoms. The van der Waals surface area contributed by atoms with E-state index in [1.54, 1.807) is 30.2 Å². The smallest absolute Gasteiger partial charge is 0.353 e. The zero-order chi connectivity index (χ0) is 31.1. The number of amides is 2. The number of oxime groups is 1. The number of anilines is 1. The van der Waals surface area contributed by atoms with Gasteiger partial charge < -0.3 is 32.5 Å². The predicted molar refractivity (Wildman–Crippen MR) is 166 cm³/mol. The number of β-lactam (4-membered cyclic amide) rings is 1. The molecule has 0 saturated carbocycles. The van der Waals surface area contributed by atoms with Gasteiger partial charge in [-0.3, -0.25) is 19.5 Å². The first kappa shape index (κ1) is 32.4. The number of nitrogens with one attached hydrogen (secondary N) is 1. The van der Waals surface area contributed by atoms with E-state index in [-0.39, 0.29) is 46.6 Å². The number of halogens is 1. The molecule has 43 heavy (non-hydrogen) atoms. The average Bonchev–Trinajstić information content (AvgIpc) is 3.39. The van der Waals surface area contributed by atoms with Crippen LogP contribution < -0.4 is 22.5 Å². The summed E-state index contributed by atoms with van der Waals surface area (Å²) in [5.74, 6) is -1.09. The summed E-state index contributed by atoms with van der Waals surface area (Å²) in [5.41, 5.74) is 17.1. The zero-order valence-electron chi connectivity index (χ0n) is 22.6. The van der Waals surface area contributed by atoms with Gasteiger partial charge in [0.2, 0.25) is 0 Å². The number of nitrogen functional groups attached to an aromatic ring is 1. The van der Waals surface area contributed by atoms with Crippen LogP contribution >= 0.6 is 46.6 Å². The first-order valence-electron chi connectivity index (χ1n) is 12.6. The Labute approximate surface area is 262 Å². The summed E-state index contributed by atoms with van der Waals surface area (Å²) in [7, 11) is 0. The minimum Gasteiger partial charge on any atom is -0.477 e. The van der Waals surface area contributed by atoms with Crippen LogP contribution in [0.2, 0.25) is 0 Å². The van der Waals surface area contributed by atoms with Crippen LogP contribution in [0, 0.1) is 0 Å². The van der Waals surface area contributed by atoms with Crippen molar-refractivity contribution in [1.82, 2.24) is 20.2 Å². The third kappa shape index (κ3) is 7.89. The zero-order valence-corrected chi connectivity index (χ0v) is 25.9. The van der Waals surface area contributed by atoms with Gasteiger partial charge >= 0.3 is 5.97 Å². The maximum absolute atomic E-state index is 13.2. The monoisotopic (exact) mass is 669 g/mol. The lowest BCUT2D eigenvalue weighted by molar-refractivity contribution is -0.150. The number of guanidine groups is 1. The Morgan fingerprint density at radius 1 is 1.40 bits per heavy atom. The Morgan fingerprint density at radius 2 is 2.19 bits per heavy atom. The first-order valence-corrected chi connectivity index (χ1v) is 16.5. The first-order chi connectivity index (χ1) is 20.6. The maximum Gasteiger partial charge on any atom is 0.353 e. The normalized spacial score (nSPS) is 18.9. The fourth-order valence-corrected chi connectivity index (χ4v) is 8.20. The van der Waals surface area contributed by atoms with Crippen molar-refractivity contribution < 1.29 is 28.7 Å². The maximum atomic E-state index is 13.2. The van der Waals surface area contributed by atoms with Crippen LogP contribution in [-0.4, -0.2) is 91.7 Å². The second kappa shape index (κ2) is 14.8. The number of hydrogen-bond donors (Lipinski definition) is 5. The van der Waals surface area contributed by atoms with Crippen molar-refractivity contribution in [3.8, 4) is 0 Å². The van der Waals surface area contributed by atoms with Gasteiger partial charge in [-0.2, -0.15) is 11.8 Å². The molecule has 14 nitrogen and oxygen atoms in total. The van der Waals surface area contributed by atoms with E-state index in [0.717, 1.165) is 21.8 Å². The number of nitrogens with zero attached hydrogens (tertiary/aromatic N) is 5. The van der Waals surface area contributed by atoms with Crippen LogP contribution in [0.3, 0.4) is 0 Å². The summed E-state index contributed by atoms with van der Waals surface area (Å²) in [6.07, 6.45) is 3.33. The Morgan fingerprint density at radius 3 is 2.86 bits per heavy atom. The van der Waals surface area contributed by atoms with E-state index in [1.165, 1.54) is 33.8 Å². The number of fused-ring (bicyclic) bond motifs is 1. The van der Waals surface area contributed by atoms with Crippen LogP contribution in [-0.2, 0) is 25.0 Å².